The summed E-state index contributed by atoms with van der Waals surface area (Å²) in [6.45, 7) is 8.43. The first-order chi connectivity index (χ1) is 17.4. The predicted molar refractivity (Wildman–Crippen MR) is 124 cm³/mol. The summed E-state index contributed by atoms with van der Waals surface area (Å²) in [5, 5.41) is 0. The van der Waals surface area contributed by atoms with Crippen LogP contribution in [-0.4, -0.2) is 53.2 Å². The monoisotopic (exact) mass is 512 g/mol. The Hall–Kier alpha value is -3.66. The maximum atomic E-state index is 13.5. The van der Waals surface area contributed by atoms with Gasteiger partial charge in [0, 0.05) is 12.8 Å². The van der Waals surface area contributed by atoms with Crippen molar-refractivity contribution < 1.29 is 47.0 Å². The average Bonchev–Trinajstić information content (AvgIpc) is 3.57. The Balaban J connectivity index is 1.68. The van der Waals surface area contributed by atoms with Gasteiger partial charge in [0.2, 0.25) is 0 Å². The number of ether oxygens (including phenoxy) is 4. The molecule has 10 nitrogen and oxygen atoms in total. The first-order valence-electron chi connectivity index (χ1n) is 12.0. The normalized spacial score (nSPS) is 33.8. The van der Waals surface area contributed by atoms with Gasteiger partial charge in [-0.25, -0.2) is 9.59 Å². The van der Waals surface area contributed by atoms with Gasteiger partial charge >= 0.3 is 17.9 Å². The summed E-state index contributed by atoms with van der Waals surface area (Å²) in [6, 6.07) is 2.85. The molecule has 1 aliphatic heterocycles. The highest BCUT2D eigenvalue weighted by Crippen LogP contribution is 2.65. The standard InChI is InChI=1S/C27H28O10/c1-14-10-19(29)21(35-23(30)16-6-8-32-12-16)26(5)22(36-24(31)17-7-9-33-13-17)20(34-15(2)28)18-11-27(14,26)37-25(18,3)4/h6-10,12-13,18,20-22H,11H2,1-5H3/t18-,20+,21-,22-,26+,27+/m1/s1. The van der Waals surface area contributed by atoms with Crippen LogP contribution in [0.3, 0.4) is 0 Å². The van der Waals surface area contributed by atoms with Gasteiger partial charge in [0.05, 0.1) is 34.7 Å². The van der Waals surface area contributed by atoms with Gasteiger partial charge in [0.1, 0.15) is 24.2 Å². The lowest BCUT2D eigenvalue weighted by atomic mass is 9.52. The number of carbonyl (C=O) groups excluding carboxylic acids is 4. The Morgan fingerprint density at radius 3 is 2.08 bits per heavy atom. The summed E-state index contributed by atoms with van der Waals surface area (Å²) in [5.74, 6) is -3.02. The first kappa shape index (κ1) is 25.0. The van der Waals surface area contributed by atoms with Crippen LogP contribution in [0.4, 0.5) is 0 Å². The number of esters is 3. The number of hydrogen-bond acceptors (Lipinski definition) is 10. The van der Waals surface area contributed by atoms with Crippen LogP contribution in [0.15, 0.2) is 57.7 Å². The van der Waals surface area contributed by atoms with E-state index in [1.165, 1.54) is 50.2 Å². The second kappa shape index (κ2) is 8.44. The third-order valence-corrected chi connectivity index (χ3v) is 8.07. The van der Waals surface area contributed by atoms with Crippen molar-refractivity contribution in [3.63, 3.8) is 0 Å². The molecule has 0 unspecified atom stereocenters. The molecule has 0 amide bonds. The van der Waals surface area contributed by atoms with E-state index in [-0.39, 0.29) is 11.1 Å². The van der Waals surface area contributed by atoms with Gasteiger partial charge in [-0.15, -0.1) is 0 Å². The Morgan fingerprint density at radius 2 is 1.54 bits per heavy atom. The number of carbonyl (C=O) groups is 4. The van der Waals surface area contributed by atoms with E-state index in [0.717, 1.165) is 0 Å². The summed E-state index contributed by atoms with van der Waals surface area (Å²) in [6.07, 6.45) is 3.21. The summed E-state index contributed by atoms with van der Waals surface area (Å²) in [7, 11) is 0. The Kier molecular flexibility index (Phi) is 5.71. The molecule has 3 aliphatic rings. The van der Waals surface area contributed by atoms with Crippen LogP contribution in [-0.2, 0) is 28.5 Å². The van der Waals surface area contributed by atoms with Gasteiger partial charge in [-0.05, 0) is 57.9 Å². The summed E-state index contributed by atoms with van der Waals surface area (Å²) in [5.41, 5.74) is -2.61. The highest BCUT2D eigenvalue weighted by molar-refractivity contribution is 6.00. The fourth-order valence-corrected chi connectivity index (χ4v) is 6.30. The minimum atomic E-state index is -1.47. The molecule has 1 spiro atoms. The zero-order valence-corrected chi connectivity index (χ0v) is 21.1. The van der Waals surface area contributed by atoms with E-state index in [1.54, 1.807) is 13.8 Å². The van der Waals surface area contributed by atoms with E-state index in [0.29, 0.717) is 12.0 Å². The van der Waals surface area contributed by atoms with E-state index >= 15 is 0 Å². The molecule has 3 heterocycles. The molecule has 1 saturated heterocycles. The topological polar surface area (TPSA) is 131 Å². The molecular weight excluding hydrogens is 484 g/mol. The smallest absolute Gasteiger partial charge is 0.342 e. The van der Waals surface area contributed by atoms with Crippen molar-refractivity contribution in [2.75, 3.05) is 0 Å². The average molecular weight is 513 g/mol. The molecule has 0 aromatic carbocycles. The fourth-order valence-electron chi connectivity index (χ4n) is 6.30. The van der Waals surface area contributed by atoms with Gasteiger partial charge in [-0.2, -0.15) is 0 Å². The van der Waals surface area contributed by atoms with E-state index in [1.807, 2.05) is 13.8 Å². The quantitative estimate of drug-likeness (QED) is 0.432. The van der Waals surface area contributed by atoms with Crippen LogP contribution in [0.5, 0.6) is 0 Å². The first-order valence-corrected chi connectivity index (χ1v) is 12.0. The van der Waals surface area contributed by atoms with Gasteiger partial charge < -0.3 is 27.8 Å². The number of ketones is 1. The molecule has 0 N–H and O–H groups in total. The molecule has 2 aliphatic carbocycles. The highest BCUT2D eigenvalue weighted by atomic mass is 16.6. The van der Waals surface area contributed by atoms with E-state index in [2.05, 4.69) is 0 Å². The van der Waals surface area contributed by atoms with E-state index in [9.17, 15) is 19.2 Å². The molecule has 2 bridgehead atoms. The largest absolute Gasteiger partial charge is 0.472 e. The van der Waals surface area contributed by atoms with Crippen molar-refractivity contribution >= 4 is 23.7 Å². The summed E-state index contributed by atoms with van der Waals surface area (Å²) >= 11 is 0. The van der Waals surface area contributed by atoms with Gasteiger partial charge in [-0.1, -0.05) is 0 Å². The molecule has 2 aromatic heterocycles. The number of fused-ring (bicyclic) bond motifs is 1. The lowest BCUT2D eigenvalue weighted by Gasteiger charge is -2.57. The van der Waals surface area contributed by atoms with Crippen LogP contribution < -0.4 is 0 Å². The lowest BCUT2D eigenvalue weighted by Crippen LogP contribution is -2.71. The minimum absolute atomic E-state index is 0.113. The molecule has 196 valence electrons. The third kappa shape index (κ3) is 3.65. The molecule has 5 rings (SSSR count). The van der Waals surface area contributed by atoms with Crippen molar-refractivity contribution in [3.8, 4) is 0 Å². The van der Waals surface area contributed by atoms with Crippen molar-refractivity contribution in [1.82, 2.24) is 0 Å². The number of hydrogen-bond donors (Lipinski definition) is 0. The predicted octanol–water partition coefficient (Wildman–Crippen LogP) is 3.66. The van der Waals surface area contributed by atoms with Crippen LogP contribution in [0.1, 0.15) is 61.8 Å². The van der Waals surface area contributed by atoms with Crippen LogP contribution in [0, 0.1) is 11.3 Å². The van der Waals surface area contributed by atoms with Crippen molar-refractivity contribution in [2.45, 2.75) is 70.6 Å². The molecule has 37 heavy (non-hydrogen) atoms. The van der Waals surface area contributed by atoms with Crippen molar-refractivity contribution in [3.05, 3.63) is 60.0 Å². The Morgan fingerprint density at radius 1 is 0.946 bits per heavy atom. The maximum absolute atomic E-state index is 13.5. The van der Waals surface area contributed by atoms with Crippen LogP contribution in [0.2, 0.25) is 0 Å². The molecule has 0 radical (unpaired) electrons. The molecule has 10 heteroatoms. The van der Waals surface area contributed by atoms with E-state index in [4.69, 9.17) is 27.8 Å². The highest BCUT2D eigenvalue weighted by Gasteiger charge is 2.77. The van der Waals surface area contributed by atoms with Crippen LogP contribution in [0.25, 0.3) is 0 Å². The summed E-state index contributed by atoms with van der Waals surface area (Å²) < 4.78 is 34.4. The summed E-state index contributed by atoms with van der Waals surface area (Å²) in [4.78, 5) is 52.0. The minimum Gasteiger partial charge on any atom is -0.472 e. The molecule has 6 atom stereocenters. The molecule has 2 aromatic rings. The van der Waals surface area contributed by atoms with Gasteiger partial charge in [0.25, 0.3) is 0 Å². The second-order valence-corrected chi connectivity index (χ2v) is 10.6. The number of rotatable bonds is 5. The number of furan rings is 2. The molecular formula is C27H28O10. The Labute approximate surface area is 212 Å². The van der Waals surface area contributed by atoms with Crippen molar-refractivity contribution in [1.29, 1.82) is 0 Å². The van der Waals surface area contributed by atoms with Gasteiger partial charge in [0.15, 0.2) is 18.0 Å². The zero-order valence-electron chi connectivity index (χ0n) is 21.1. The maximum Gasteiger partial charge on any atom is 0.342 e. The molecule has 2 fully saturated rings. The van der Waals surface area contributed by atoms with E-state index < -0.39 is 64.5 Å². The lowest BCUT2D eigenvalue weighted by molar-refractivity contribution is -0.221. The Bertz CT molecular complexity index is 1270. The second-order valence-electron chi connectivity index (χ2n) is 10.6. The van der Waals surface area contributed by atoms with Crippen LogP contribution >= 0.6 is 0 Å². The van der Waals surface area contributed by atoms with Gasteiger partial charge in [-0.3, -0.25) is 9.59 Å². The SMILES string of the molecule is CC(=O)O[C@H]1[C@H]2C[C@]3(OC2(C)C)C(C)=CC(=O)[C@@H](OC(=O)c2ccoc2)[C@@]3(C)[C@@H]1OC(=O)c1ccoc1. The fraction of sp³-hybridized carbons (Fsp3) is 0.481. The molecule has 1 saturated carbocycles. The van der Waals surface area contributed by atoms with Crippen molar-refractivity contribution in [2.24, 2.45) is 11.3 Å². The zero-order chi connectivity index (χ0) is 26.8. The third-order valence-electron chi connectivity index (χ3n) is 8.07.